The van der Waals surface area contributed by atoms with Crippen molar-refractivity contribution < 1.29 is 0 Å². The maximum atomic E-state index is 2.64. The van der Waals surface area contributed by atoms with Crippen molar-refractivity contribution in [2.24, 2.45) is 0 Å². The predicted molar refractivity (Wildman–Crippen MR) is 102 cm³/mol. The number of benzene rings is 2. The average molecular weight is 330 g/mol. The molecule has 1 aliphatic rings. The quantitative estimate of drug-likeness (QED) is 0.674. The van der Waals surface area contributed by atoms with Crippen molar-refractivity contribution in [2.45, 2.75) is 38.5 Å². The zero-order chi connectivity index (χ0) is 15.2. The Bertz CT molecular complexity index is 558. The van der Waals surface area contributed by atoms with E-state index in [4.69, 9.17) is 0 Å². The molecule has 0 radical (unpaired) electrons. The first-order valence-electron chi connectivity index (χ1n) is 8.71. The third kappa shape index (κ3) is 5.09. The van der Waals surface area contributed by atoms with Gasteiger partial charge < -0.3 is 4.90 Å². The SMILES string of the molecule is C[C@H](CCN1CCCCC1)c1ccc(-c2ccccc2)cc1.Cl. The maximum Gasteiger partial charge on any atom is -0.00130 e. The van der Waals surface area contributed by atoms with E-state index in [1.165, 1.54) is 62.0 Å². The van der Waals surface area contributed by atoms with Crippen LogP contribution in [0, 0.1) is 0 Å². The Labute approximate surface area is 147 Å². The second-order valence-corrected chi connectivity index (χ2v) is 6.58. The predicted octanol–water partition coefficient (Wildman–Crippen LogP) is 5.75. The molecule has 0 unspecified atom stereocenters. The molecule has 1 atom stereocenters. The molecule has 23 heavy (non-hydrogen) atoms. The van der Waals surface area contributed by atoms with Gasteiger partial charge in [0.15, 0.2) is 0 Å². The molecule has 2 aromatic carbocycles. The standard InChI is InChI=1S/C21H27N.ClH/c1-18(14-17-22-15-6-3-7-16-22)19-10-12-21(13-11-19)20-8-4-2-5-9-20;/h2,4-5,8-13,18H,3,6-7,14-17H2,1H3;1H/t18-;/m1./s1. The van der Waals surface area contributed by atoms with Crippen LogP contribution in [0.1, 0.15) is 44.1 Å². The van der Waals surface area contributed by atoms with Crippen LogP contribution >= 0.6 is 12.4 Å². The lowest BCUT2D eigenvalue weighted by Crippen LogP contribution is -2.31. The van der Waals surface area contributed by atoms with E-state index >= 15 is 0 Å². The maximum absolute atomic E-state index is 2.64. The molecule has 1 aliphatic heterocycles. The van der Waals surface area contributed by atoms with Crippen molar-refractivity contribution >= 4 is 12.4 Å². The third-order valence-corrected chi connectivity index (χ3v) is 4.91. The van der Waals surface area contributed by atoms with E-state index in [1.54, 1.807) is 0 Å². The van der Waals surface area contributed by atoms with Gasteiger partial charge in [0.1, 0.15) is 0 Å². The van der Waals surface area contributed by atoms with E-state index in [1.807, 2.05) is 0 Å². The number of rotatable bonds is 5. The zero-order valence-electron chi connectivity index (χ0n) is 14.1. The molecule has 1 nitrogen and oxygen atoms in total. The van der Waals surface area contributed by atoms with Crippen LogP contribution in [0.2, 0.25) is 0 Å². The van der Waals surface area contributed by atoms with Gasteiger partial charge in [-0.1, -0.05) is 67.9 Å². The van der Waals surface area contributed by atoms with Crippen molar-refractivity contribution in [3.63, 3.8) is 0 Å². The van der Waals surface area contributed by atoms with Crippen molar-refractivity contribution in [3.05, 3.63) is 60.2 Å². The van der Waals surface area contributed by atoms with Gasteiger partial charge in [-0.15, -0.1) is 12.4 Å². The van der Waals surface area contributed by atoms with Crippen LogP contribution in [0.4, 0.5) is 0 Å². The largest absolute Gasteiger partial charge is 0.303 e. The molecule has 124 valence electrons. The van der Waals surface area contributed by atoms with E-state index < -0.39 is 0 Å². The van der Waals surface area contributed by atoms with Gasteiger partial charge in [-0.2, -0.15) is 0 Å². The van der Waals surface area contributed by atoms with Gasteiger partial charge in [-0.05, 0) is 61.5 Å². The normalized spacial score (nSPS) is 16.6. The molecular formula is C21H28ClN. The molecule has 3 rings (SSSR count). The van der Waals surface area contributed by atoms with Gasteiger partial charge in [0.2, 0.25) is 0 Å². The van der Waals surface area contributed by atoms with Gasteiger partial charge in [-0.25, -0.2) is 0 Å². The molecule has 1 saturated heterocycles. The van der Waals surface area contributed by atoms with Crippen molar-refractivity contribution in [1.29, 1.82) is 0 Å². The summed E-state index contributed by atoms with van der Waals surface area (Å²) >= 11 is 0. The Morgan fingerprint density at radius 2 is 1.43 bits per heavy atom. The van der Waals surface area contributed by atoms with Gasteiger partial charge in [0, 0.05) is 0 Å². The van der Waals surface area contributed by atoms with E-state index in [0.717, 1.165) is 0 Å². The topological polar surface area (TPSA) is 3.24 Å². The monoisotopic (exact) mass is 329 g/mol. The number of nitrogens with zero attached hydrogens (tertiary/aromatic N) is 1. The van der Waals surface area contributed by atoms with Crippen LogP contribution in [-0.4, -0.2) is 24.5 Å². The Morgan fingerprint density at radius 3 is 2.09 bits per heavy atom. The summed E-state index contributed by atoms with van der Waals surface area (Å²) in [6.45, 7) is 6.22. The summed E-state index contributed by atoms with van der Waals surface area (Å²) in [6, 6.07) is 19.8. The Balaban J connectivity index is 0.00000192. The summed E-state index contributed by atoms with van der Waals surface area (Å²) < 4.78 is 0. The highest BCUT2D eigenvalue weighted by Crippen LogP contribution is 2.24. The number of hydrogen-bond acceptors (Lipinski definition) is 1. The highest BCUT2D eigenvalue weighted by Gasteiger charge is 2.12. The van der Waals surface area contributed by atoms with Crippen LogP contribution in [0.15, 0.2) is 54.6 Å². The molecule has 0 spiro atoms. The highest BCUT2D eigenvalue weighted by molar-refractivity contribution is 5.85. The summed E-state index contributed by atoms with van der Waals surface area (Å²) in [5, 5.41) is 0. The summed E-state index contributed by atoms with van der Waals surface area (Å²) in [7, 11) is 0. The zero-order valence-corrected chi connectivity index (χ0v) is 14.9. The average Bonchev–Trinajstić information content (AvgIpc) is 2.61. The molecule has 0 amide bonds. The molecule has 1 heterocycles. The van der Waals surface area contributed by atoms with Gasteiger partial charge in [0.25, 0.3) is 0 Å². The van der Waals surface area contributed by atoms with Crippen LogP contribution in [0.25, 0.3) is 11.1 Å². The van der Waals surface area contributed by atoms with Gasteiger partial charge >= 0.3 is 0 Å². The molecule has 0 saturated carbocycles. The Morgan fingerprint density at radius 1 is 0.826 bits per heavy atom. The molecule has 0 aromatic heterocycles. The lowest BCUT2D eigenvalue weighted by Gasteiger charge is -2.27. The first-order chi connectivity index (χ1) is 10.8. The van der Waals surface area contributed by atoms with Crippen LogP contribution < -0.4 is 0 Å². The van der Waals surface area contributed by atoms with Gasteiger partial charge in [-0.3, -0.25) is 0 Å². The second-order valence-electron chi connectivity index (χ2n) is 6.58. The number of halogens is 1. The lowest BCUT2D eigenvalue weighted by atomic mass is 9.95. The minimum atomic E-state index is 0. The fraction of sp³-hybridized carbons (Fsp3) is 0.429. The van der Waals surface area contributed by atoms with E-state index in [-0.39, 0.29) is 12.4 Å². The minimum Gasteiger partial charge on any atom is -0.303 e. The van der Waals surface area contributed by atoms with E-state index in [2.05, 4.69) is 66.4 Å². The fourth-order valence-electron chi connectivity index (χ4n) is 3.36. The van der Waals surface area contributed by atoms with E-state index in [0.29, 0.717) is 5.92 Å². The van der Waals surface area contributed by atoms with Crippen molar-refractivity contribution in [3.8, 4) is 11.1 Å². The molecular weight excluding hydrogens is 302 g/mol. The van der Waals surface area contributed by atoms with Crippen LogP contribution in [-0.2, 0) is 0 Å². The van der Waals surface area contributed by atoms with Crippen LogP contribution in [0.3, 0.4) is 0 Å². The number of hydrogen-bond donors (Lipinski definition) is 0. The van der Waals surface area contributed by atoms with Crippen molar-refractivity contribution in [1.82, 2.24) is 4.90 Å². The Kier molecular flexibility index (Phi) is 7.14. The second kappa shape index (κ2) is 9.10. The molecule has 0 N–H and O–H groups in total. The van der Waals surface area contributed by atoms with E-state index in [9.17, 15) is 0 Å². The lowest BCUT2D eigenvalue weighted by molar-refractivity contribution is 0.222. The number of piperidine rings is 1. The highest BCUT2D eigenvalue weighted by atomic mass is 35.5. The Hall–Kier alpha value is -1.31. The molecule has 1 fully saturated rings. The first-order valence-corrected chi connectivity index (χ1v) is 8.71. The first kappa shape index (κ1) is 18.0. The van der Waals surface area contributed by atoms with Crippen molar-refractivity contribution in [2.75, 3.05) is 19.6 Å². The summed E-state index contributed by atoms with van der Waals surface area (Å²) in [4.78, 5) is 2.64. The third-order valence-electron chi connectivity index (χ3n) is 4.91. The number of likely N-dealkylation sites (tertiary alicyclic amines) is 1. The van der Waals surface area contributed by atoms with Gasteiger partial charge in [0.05, 0.1) is 0 Å². The molecule has 0 bridgehead atoms. The summed E-state index contributed by atoms with van der Waals surface area (Å²) in [5.41, 5.74) is 4.08. The summed E-state index contributed by atoms with van der Waals surface area (Å²) in [6.07, 6.45) is 5.47. The molecule has 2 aromatic rings. The van der Waals surface area contributed by atoms with Crippen LogP contribution in [0.5, 0.6) is 0 Å². The molecule has 0 aliphatic carbocycles. The molecule has 2 heteroatoms. The smallest absolute Gasteiger partial charge is 0.00130 e. The fourth-order valence-corrected chi connectivity index (χ4v) is 3.36. The minimum absolute atomic E-state index is 0. The summed E-state index contributed by atoms with van der Waals surface area (Å²) in [5.74, 6) is 0.645.